The van der Waals surface area contributed by atoms with Gasteiger partial charge in [0.2, 0.25) is 0 Å². The zero-order valence-electron chi connectivity index (χ0n) is 8.61. The molecule has 70 valence electrons. The summed E-state index contributed by atoms with van der Waals surface area (Å²) in [5.41, 5.74) is 4.12. The SMILES string of the molecule is CC(C)=Cc1ccc(F)c(C)c1C. The van der Waals surface area contributed by atoms with Crippen molar-refractivity contribution in [2.75, 3.05) is 0 Å². The predicted molar refractivity (Wildman–Crippen MR) is 55.2 cm³/mol. The number of halogens is 1. The number of allylic oxidation sites excluding steroid dienone is 1. The summed E-state index contributed by atoms with van der Waals surface area (Å²) >= 11 is 0. The quantitative estimate of drug-likeness (QED) is 0.612. The van der Waals surface area contributed by atoms with Gasteiger partial charge < -0.3 is 0 Å². The van der Waals surface area contributed by atoms with Gasteiger partial charge in [-0.05, 0) is 50.5 Å². The third-order valence-electron chi connectivity index (χ3n) is 2.21. The Morgan fingerprint density at radius 1 is 1.15 bits per heavy atom. The molecule has 0 nitrogen and oxygen atoms in total. The average Bonchev–Trinajstić information content (AvgIpc) is 2.06. The molecule has 0 unspecified atom stereocenters. The molecule has 1 aromatic rings. The zero-order chi connectivity index (χ0) is 10.0. The molecule has 0 bridgehead atoms. The lowest BCUT2D eigenvalue weighted by Gasteiger charge is -2.06. The lowest BCUT2D eigenvalue weighted by molar-refractivity contribution is 0.616. The van der Waals surface area contributed by atoms with E-state index in [-0.39, 0.29) is 5.82 Å². The number of benzene rings is 1. The van der Waals surface area contributed by atoms with Gasteiger partial charge in [-0.15, -0.1) is 0 Å². The van der Waals surface area contributed by atoms with Gasteiger partial charge in [-0.2, -0.15) is 0 Å². The monoisotopic (exact) mass is 178 g/mol. The maximum absolute atomic E-state index is 13.1. The van der Waals surface area contributed by atoms with Crippen molar-refractivity contribution in [3.63, 3.8) is 0 Å². The van der Waals surface area contributed by atoms with Gasteiger partial charge in [0.15, 0.2) is 0 Å². The largest absolute Gasteiger partial charge is 0.207 e. The first kappa shape index (κ1) is 9.97. The van der Waals surface area contributed by atoms with Crippen LogP contribution >= 0.6 is 0 Å². The van der Waals surface area contributed by atoms with E-state index in [1.54, 1.807) is 0 Å². The smallest absolute Gasteiger partial charge is 0.126 e. The van der Waals surface area contributed by atoms with Crippen molar-refractivity contribution in [3.8, 4) is 0 Å². The molecule has 0 N–H and O–H groups in total. The summed E-state index contributed by atoms with van der Waals surface area (Å²) in [6, 6.07) is 3.35. The van der Waals surface area contributed by atoms with Crippen LogP contribution in [0.4, 0.5) is 4.39 Å². The van der Waals surface area contributed by atoms with Crippen LogP contribution in [0.3, 0.4) is 0 Å². The van der Waals surface area contributed by atoms with Crippen molar-refractivity contribution in [2.24, 2.45) is 0 Å². The van der Waals surface area contributed by atoms with Gasteiger partial charge in [0.1, 0.15) is 5.82 Å². The second-order valence-electron chi connectivity index (χ2n) is 3.61. The Bertz CT molecular complexity index is 344. The Labute approximate surface area is 79.1 Å². The third kappa shape index (κ3) is 2.18. The minimum absolute atomic E-state index is 0.122. The van der Waals surface area contributed by atoms with Crippen LogP contribution in [0.2, 0.25) is 0 Å². The summed E-state index contributed by atoms with van der Waals surface area (Å²) in [6.45, 7) is 7.84. The first-order valence-corrected chi connectivity index (χ1v) is 4.43. The van der Waals surface area contributed by atoms with Crippen LogP contribution in [0, 0.1) is 19.7 Å². The topological polar surface area (TPSA) is 0 Å². The molecule has 0 spiro atoms. The molecule has 0 aliphatic rings. The van der Waals surface area contributed by atoms with E-state index in [1.165, 1.54) is 11.6 Å². The summed E-state index contributed by atoms with van der Waals surface area (Å²) in [4.78, 5) is 0. The summed E-state index contributed by atoms with van der Waals surface area (Å²) < 4.78 is 13.1. The van der Waals surface area contributed by atoms with Crippen LogP contribution in [0.1, 0.15) is 30.5 Å². The highest BCUT2D eigenvalue weighted by molar-refractivity contribution is 5.57. The number of hydrogen-bond donors (Lipinski definition) is 0. The van der Waals surface area contributed by atoms with Gasteiger partial charge >= 0.3 is 0 Å². The second kappa shape index (κ2) is 3.73. The Morgan fingerprint density at radius 3 is 2.31 bits per heavy atom. The average molecular weight is 178 g/mol. The fraction of sp³-hybridized carbons (Fsp3) is 0.333. The Hall–Kier alpha value is -1.11. The van der Waals surface area contributed by atoms with E-state index in [1.807, 2.05) is 33.8 Å². The highest BCUT2D eigenvalue weighted by Crippen LogP contribution is 2.18. The third-order valence-corrected chi connectivity index (χ3v) is 2.21. The molecule has 0 aliphatic heterocycles. The molecule has 0 aliphatic carbocycles. The first-order chi connectivity index (χ1) is 6.02. The molecule has 1 heteroatoms. The van der Waals surface area contributed by atoms with Gasteiger partial charge in [0, 0.05) is 0 Å². The first-order valence-electron chi connectivity index (χ1n) is 4.43. The number of hydrogen-bond acceptors (Lipinski definition) is 0. The van der Waals surface area contributed by atoms with Crippen LogP contribution in [0.5, 0.6) is 0 Å². The van der Waals surface area contributed by atoms with Crippen molar-refractivity contribution in [2.45, 2.75) is 27.7 Å². The molecular formula is C12H15F. The van der Waals surface area contributed by atoms with Crippen LogP contribution in [0.15, 0.2) is 17.7 Å². The van der Waals surface area contributed by atoms with E-state index in [0.29, 0.717) is 0 Å². The van der Waals surface area contributed by atoms with Gasteiger partial charge in [0.25, 0.3) is 0 Å². The van der Waals surface area contributed by atoms with Crippen LogP contribution in [-0.2, 0) is 0 Å². The summed E-state index contributed by atoms with van der Waals surface area (Å²) in [7, 11) is 0. The molecule has 0 fully saturated rings. The molecule has 0 saturated carbocycles. The minimum atomic E-state index is -0.122. The molecule has 1 aromatic carbocycles. The van der Waals surface area contributed by atoms with Crippen LogP contribution in [-0.4, -0.2) is 0 Å². The zero-order valence-corrected chi connectivity index (χ0v) is 8.61. The van der Waals surface area contributed by atoms with Crippen LogP contribution < -0.4 is 0 Å². The molecule has 0 radical (unpaired) electrons. The van der Waals surface area contributed by atoms with Crippen molar-refractivity contribution in [3.05, 3.63) is 40.2 Å². The standard InChI is InChI=1S/C12H15F/c1-8(2)7-11-5-6-12(13)10(4)9(11)3/h5-7H,1-4H3. The molecular weight excluding hydrogens is 163 g/mol. The van der Waals surface area contributed by atoms with Gasteiger partial charge in [0.05, 0.1) is 0 Å². The van der Waals surface area contributed by atoms with Gasteiger partial charge in [-0.3, -0.25) is 0 Å². The maximum atomic E-state index is 13.1. The highest BCUT2D eigenvalue weighted by Gasteiger charge is 2.03. The highest BCUT2D eigenvalue weighted by atomic mass is 19.1. The summed E-state index contributed by atoms with van der Waals surface area (Å²) in [5, 5.41) is 0. The van der Waals surface area contributed by atoms with Crippen molar-refractivity contribution in [1.29, 1.82) is 0 Å². The Kier molecular flexibility index (Phi) is 2.86. The van der Waals surface area contributed by atoms with E-state index in [4.69, 9.17) is 0 Å². The normalized spacial score (nSPS) is 9.92. The fourth-order valence-corrected chi connectivity index (χ4v) is 1.28. The Balaban J connectivity index is 3.26. The Morgan fingerprint density at radius 2 is 1.77 bits per heavy atom. The molecule has 0 amide bonds. The molecule has 0 atom stereocenters. The molecule has 0 heterocycles. The molecule has 0 saturated heterocycles. The van der Waals surface area contributed by atoms with Gasteiger partial charge in [-0.1, -0.05) is 17.7 Å². The van der Waals surface area contributed by atoms with Gasteiger partial charge in [-0.25, -0.2) is 4.39 Å². The van der Waals surface area contributed by atoms with E-state index >= 15 is 0 Å². The van der Waals surface area contributed by atoms with E-state index < -0.39 is 0 Å². The van der Waals surface area contributed by atoms with Crippen molar-refractivity contribution < 1.29 is 4.39 Å². The second-order valence-corrected chi connectivity index (χ2v) is 3.61. The molecule has 0 aromatic heterocycles. The summed E-state index contributed by atoms with van der Waals surface area (Å²) in [5.74, 6) is -0.122. The molecule has 13 heavy (non-hydrogen) atoms. The van der Waals surface area contributed by atoms with E-state index in [0.717, 1.165) is 16.7 Å². The summed E-state index contributed by atoms with van der Waals surface area (Å²) in [6.07, 6.45) is 2.07. The predicted octanol–water partition coefficient (Wildman–Crippen LogP) is 3.87. The van der Waals surface area contributed by atoms with Crippen LogP contribution in [0.25, 0.3) is 6.08 Å². The minimum Gasteiger partial charge on any atom is -0.207 e. The van der Waals surface area contributed by atoms with Crippen molar-refractivity contribution >= 4 is 6.08 Å². The number of rotatable bonds is 1. The lowest BCUT2D eigenvalue weighted by Crippen LogP contribution is -1.90. The maximum Gasteiger partial charge on any atom is 0.126 e. The molecule has 1 rings (SSSR count). The van der Waals surface area contributed by atoms with E-state index in [2.05, 4.69) is 6.08 Å². The van der Waals surface area contributed by atoms with E-state index in [9.17, 15) is 4.39 Å². The fourth-order valence-electron chi connectivity index (χ4n) is 1.28. The van der Waals surface area contributed by atoms with Crippen molar-refractivity contribution in [1.82, 2.24) is 0 Å². The lowest BCUT2D eigenvalue weighted by atomic mass is 10.0.